The molecule has 2 aromatic rings. The van der Waals surface area contributed by atoms with E-state index in [9.17, 15) is 28.2 Å². The Morgan fingerprint density at radius 2 is 2.00 bits per heavy atom. The van der Waals surface area contributed by atoms with E-state index in [1.807, 2.05) is 0 Å². The summed E-state index contributed by atoms with van der Waals surface area (Å²) in [6.45, 7) is 1.35. The van der Waals surface area contributed by atoms with Crippen LogP contribution >= 0.6 is 0 Å². The van der Waals surface area contributed by atoms with Crippen LogP contribution in [0.3, 0.4) is 0 Å². The lowest BCUT2D eigenvalue weighted by molar-refractivity contribution is -0.274. The molecule has 1 amide bonds. The van der Waals surface area contributed by atoms with Crippen molar-refractivity contribution >= 4 is 5.91 Å². The third-order valence-electron chi connectivity index (χ3n) is 4.54. The van der Waals surface area contributed by atoms with Gasteiger partial charge in [-0.25, -0.2) is 0 Å². The number of fused-ring (bicyclic) bond motifs is 1. The molecule has 156 valence electrons. The minimum Gasteiger partial charge on any atom is -0.492 e. The molecule has 0 unspecified atom stereocenters. The Hall–Kier alpha value is -2.78. The molecule has 0 aromatic heterocycles. The molecule has 0 bridgehead atoms. The van der Waals surface area contributed by atoms with Crippen LogP contribution in [-0.2, 0) is 17.8 Å². The minimum atomic E-state index is -4.78. The van der Waals surface area contributed by atoms with Crippen molar-refractivity contribution in [1.29, 1.82) is 0 Å². The van der Waals surface area contributed by atoms with E-state index in [1.54, 1.807) is 6.07 Å². The summed E-state index contributed by atoms with van der Waals surface area (Å²) in [6.07, 6.45) is -5.43. The Labute approximate surface area is 164 Å². The second-order valence-corrected chi connectivity index (χ2v) is 6.58. The van der Waals surface area contributed by atoms with E-state index in [2.05, 4.69) is 10.1 Å². The second-order valence-electron chi connectivity index (χ2n) is 6.58. The number of ether oxygens (including phenoxy) is 2. The summed E-state index contributed by atoms with van der Waals surface area (Å²) < 4.78 is 46.8. The smallest absolute Gasteiger partial charge is 0.492 e. The number of halogens is 3. The lowest BCUT2D eigenvalue weighted by Crippen LogP contribution is -2.21. The van der Waals surface area contributed by atoms with Crippen LogP contribution in [0.2, 0.25) is 0 Å². The molecule has 0 saturated heterocycles. The Balaban J connectivity index is 2.06. The van der Waals surface area contributed by atoms with Crippen LogP contribution in [0.4, 0.5) is 13.2 Å². The summed E-state index contributed by atoms with van der Waals surface area (Å²) >= 11 is 0. The fraction of sp³-hybridized carbons (Fsp3) is 0.350. The number of nitrogens with one attached hydrogen (secondary N) is 1. The number of alkyl halides is 3. The molecule has 3 N–H and O–H groups in total. The van der Waals surface area contributed by atoms with Gasteiger partial charge in [0.2, 0.25) is 5.91 Å². The highest BCUT2D eigenvalue weighted by molar-refractivity contribution is 5.77. The molecule has 1 aliphatic heterocycles. The summed E-state index contributed by atoms with van der Waals surface area (Å²) in [5.74, 6) is -0.102. The normalized spacial score (nSPS) is 14.1. The number of rotatable bonds is 6. The van der Waals surface area contributed by atoms with Crippen LogP contribution in [0.1, 0.15) is 29.7 Å². The summed E-state index contributed by atoms with van der Waals surface area (Å²) in [5, 5.41) is 22.4. The largest absolute Gasteiger partial charge is 0.573 e. The SMILES string of the molecule is CC(=O)NCc1cc(-c2ccc(OC(F)(F)F)cc2)c2c(c1[C@H](O)CO)CCO2. The van der Waals surface area contributed by atoms with Crippen LogP contribution in [0.25, 0.3) is 11.1 Å². The van der Waals surface area contributed by atoms with Gasteiger partial charge in [0.05, 0.1) is 13.2 Å². The van der Waals surface area contributed by atoms with Gasteiger partial charge in [-0.15, -0.1) is 13.2 Å². The second kappa shape index (κ2) is 8.30. The quantitative estimate of drug-likeness (QED) is 0.681. The van der Waals surface area contributed by atoms with Gasteiger partial charge in [0.1, 0.15) is 17.6 Å². The lowest BCUT2D eigenvalue weighted by atomic mass is 9.89. The number of amides is 1. The van der Waals surface area contributed by atoms with E-state index in [0.717, 1.165) is 0 Å². The van der Waals surface area contributed by atoms with Crippen LogP contribution < -0.4 is 14.8 Å². The van der Waals surface area contributed by atoms with E-state index in [-0.39, 0.29) is 18.2 Å². The van der Waals surface area contributed by atoms with E-state index in [1.165, 1.54) is 31.2 Å². The first-order valence-electron chi connectivity index (χ1n) is 8.90. The summed E-state index contributed by atoms with van der Waals surface area (Å²) in [7, 11) is 0. The van der Waals surface area contributed by atoms with Gasteiger partial charge in [0.15, 0.2) is 0 Å². The molecule has 1 aliphatic rings. The first kappa shape index (κ1) is 20.9. The Morgan fingerprint density at radius 3 is 2.59 bits per heavy atom. The van der Waals surface area contributed by atoms with Gasteiger partial charge in [-0.3, -0.25) is 4.79 Å². The van der Waals surface area contributed by atoms with Gasteiger partial charge < -0.3 is 25.0 Å². The third kappa shape index (κ3) is 4.80. The standard InChI is InChI=1S/C20H20F3NO5/c1-11(26)24-9-13-8-16(12-2-4-14(5-3-12)29-20(21,22)23)19-15(6-7-28-19)18(13)17(27)10-25/h2-5,8,17,25,27H,6-7,9-10H2,1H3,(H,24,26)/t17-/m1/s1. The first-order chi connectivity index (χ1) is 13.7. The molecular formula is C20H20F3NO5. The van der Waals surface area contributed by atoms with Crippen LogP contribution in [-0.4, -0.2) is 35.7 Å². The zero-order valence-electron chi connectivity index (χ0n) is 15.5. The van der Waals surface area contributed by atoms with Crippen molar-refractivity contribution in [2.75, 3.05) is 13.2 Å². The van der Waals surface area contributed by atoms with Gasteiger partial charge in [0, 0.05) is 31.0 Å². The first-order valence-corrected chi connectivity index (χ1v) is 8.90. The average Bonchev–Trinajstić information content (AvgIpc) is 3.13. The van der Waals surface area contributed by atoms with Crippen molar-refractivity contribution in [3.63, 3.8) is 0 Å². The predicted molar refractivity (Wildman–Crippen MR) is 97.3 cm³/mol. The Kier molecular flexibility index (Phi) is 5.99. The lowest BCUT2D eigenvalue weighted by Gasteiger charge is -2.20. The fourth-order valence-corrected chi connectivity index (χ4v) is 3.39. The van der Waals surface area contributed by atoms with Gasteiger partial charge in [-0.2, -0.15) is 0 Å². The molecule has 9 heteroatoms. The van der Waals surface area contributed by atoms with Crippen molar-refractivity contribution < 1.29 is 37.7 Å². The van der Waals surface area contributed by atoms with E-state index >= 15 is 0 Å². The minimum absolute atomic E-state index is 0.122. The zero-order valence-corrected chi connectivity index (χ0v) is 15.5. The summed E-state index contributed by atoms with van der Waals surface area (Å²) in [6, 6.07) is 7.06. The molecule has 0 spiro atoms. The average molecular weight is 411 g/mol. The fourth-order valence-electron chi connectivity index (χ4n) is 3.39. The van der Waals surface area contributed by atoms with Crippen molar-refractivity contribution in [2.24, 2.45) is 0 Å². The maximum Gasteiger partial charge on any atom is 0.573 e. The highest BCUT2D eigenvalue weighted by Crippen LogP contribution is 2.43. The summed E-state index contributed by atoms with van der Waals surface area (Å²) in [5.41, 5.74) is 3.00. The highest BCUT2D eigenvalue weighted by atomic mass is 19.4. The van der Waals surface area contributed by atoms with Gasteiger partial charge in [-0.1, -0.05) is 12.1 Å². The number of hydrogen-bond donors (Lipinski definition) is 3. The van der Waals surface area contributed by atoms with Gasteiger partial charge >= 0.3 is 6.36 Å². The van der Waals surface area contributed by atoms with Crippen molar-refractivity contribution in [3.05, 3.63) is 47.0 Å². The zero-order chi connectivity index (χ0) is 21.2. The number of carbonyl (C=O) groups is 1. The van der Waals surface area contributed by atoms with Crippen molar-refractivity contribution in [2.45, 2.75) is 32.4 Å². The molecule has 2 aromatic carbocycles. The molecule has 0 aliphatic carbocycles. The topological polar surface area (TPSA) is 88.0 Å². The van der Waals surface area contributed by atoms with Crippen LogP contribution in [0.15, 0.2) is 30.3 Å². The van der Waals surface area contributed by atoms with E-state index in [0.29, 0.717) is 46.6 Å². The third-order valence-corrected chi connectivity index (χ3v) is 4.54. The number of aliphatic hydroxyl groups excluding tert-OH is 2. The molecule has 6 nitrogen and oxygen atoms in total. The molecule has 0 fully saturated rings. The van der Waals surface area contributed by atoms with Crippen molar-refractivity contribution in [3.8, 4) is 22.6 Å². The number of aliphatic hydroxyl groups is 2. The van der Waals surface area contributed by atoms with Crippen LogP contribution in [0.5, 0.6) is 11.5 Å². The molecule has 1 atom stereocenters. The molecule has 29 heavy (non-hydrogen) atoms. The van der Waals surface area contributed by atoms with Gasteiger partial charge in [0.25, 0.3) is 0 Å². The Morgan fingerprint density at radius 1 is 1.31 bits per heavy atom. The van der Waals surface area contributed by atoms with Crippen LogP contribution in [0, 0.1) is 0 Å². The van der Waals surface area contributed by atoms with E-state index < -0.39 is 19.1 Å². The maximum atomic E-state index is 12.4. The number of carbonyl (C=O) groups excluding carboxylic acids is 1. The number of hydrogen-bond acceptors (Lipinski definition) is 5. The highest BCUT2D eigenvalue weighted by Gasteiger charge is 2.31. The Bertz CT molecular complexity index is 896. The van der Waals surface area contributed by atoms with E-state index in [4.69, 9.17) is 4.74 Å². The predicted octanol–water partition coefficient (Wildman–Crippen LogP) is 2.85. The molecule has 1 heterocycles. The molecule has 0 saturated carbocycles. The van der Waals surface area contributed by atoms with Crippen molar-refractivity contribution in [1.82, 2.24) is 5.32 Å². The summed E-state index contributed by atoms with van der Waals surface area (Å²) in [4.78, 5) is 11.4. The maximum absolute atomic E-state index is 12.4. The number of benzene rings is 2. The molecule has 0 radical (unpaired) electrons. The van der Waals surface area contributed by atoms with Gasteiger partial charge in [-0.05, 0) is 34.9 Å². The molecular weight excluding hydrogens is 391 g/mol. The molecule has 3 rings (SSSR count). The monoisotopic (exact) mass is 411 g/mol.